The third-order valence-corrected chi connectivity index (χ3v) is 7.04. The fraction of sp³-hybridized carbons (Fsp3) is 0.136. The van der Waals surface area contributed by atoms with Gasteiger partial charge in [0.2, 0.25) is 0 Å². The summed E-state index contributed by atoms with van der Waals surface area (Å²) in [5.74, 6) is 0. The first kappa shape index (κ1) is 22.8. The van der Waals surface area contributed by atoms with E-state index < -0.39 is 16.5 Å². The second-order valence-corrected chi connectivity index (χ2v) is 9.67. The van der Waals surface area contributed by atoms with E-state index >= 15 is 0 Å². The first-order valence-corrected chi connectivity index (χ1v) is 11.8. The molecule has 0 fully saturated rings. The summed E-state index contributed by atoms with van der Waals surface area (Å²) in [4.78, 5) is 8.61. The number of aryl methyl sites for hydroxylation is 1. The van der Waals surface area contributed by atoms with Gasteiger partial charge in [-0.1, -0.05) is 41.6 Å². The summed E-state index contributed by atoms with van der Waals surface area (Å²) in [5.41, 5.74) is -0.467. The van der Waals surface area contributed by atoms with Crippen LogP contribution in [0.2, 0.25) is 5.02 Å². The molecular weight excluding hydrogens is 479 g/mol. The van der Waals surface area contributed by atoms with Crippen LogP contribution in [0, 0.1) is 6.92 Å². The molecule has 2 heterocycles. The van der Waals surface area contributed by atoms with E-state index in [9.17, 15) is 17.4 Å². The van der Waals surface area contributed by atoms with Gasteiger partial charge in [0, 0.05) is 39.1 Å². The molecule has 4 rings (SSSR count). The second-order valence-electron chi connectivity index (χ2n) is 6.92. The van der Waals surface area contributed by atoms with Crippen molar-refractivity contribution in [2.75, 3.05) is 0 Å². The molecule has 0 aliphatic carbocycles. The fourth-order valence-corrected chi connectivity index (χ4v) is 4.97. The van der Waals surface area contributed by atoms with Crippen LogP contribution in [0.15, 0.2) is 70.7 Å². The number of hydrogen-bond acceptors (Lipinski definition) is 3. The van der Waals surface area contributed by atoms with Gasteiger partial charge >= 0.3 is 5.51 Å². The van der Waals surface area contributed by atoms with Gasteiger partial charge in [0.25, 0.3) is 0 Å². The van der Waals surface area contributed by atoms with Crippen LogP contribution in [0.3, 0.4) is 0 Å². The molecule has 10 heteroatoms. The molecule has 4 nitrogen and oxygen atoms in total. The minimum absolute atomic E-state index is 0.261. The van der Waals surface area contributed by atoms with Crippen molar-refractivity contribution in [2.24, 2.45) is 0 Å². The lowest BCUT2D eigenvalue weighted by molar-refractivity contribution is -0.0394. The Morgan fingerprint density at radius 3 is 2.69 bits per heavy atom. The summed E-state index contributed by atoms with van der Waals surface area (Å²) in [6.45, 7) is 1.77. The van der Waals surface area contributed by atoms with Crippen LogP contribution in [0.1, 0.15) is 11.1 Å². The summed E-state index contributed by atoms with van der Waals surface area (Å²) in [7, 11) is -3.17. The molecule has 2 aromatic carbocycles. The molecule has 4 aromatic rings. The third-order valence-electron chi connectivity index (χ3n) is 4.84. The van der Waals surface area contributed by atoms with Gasteiger partial charge in [-0.15, -0.1) is 0 Å². The number of hydrogen-bond donors (Lipinski definition) is 2. The van der Waals surface area contributed by atoms with Gasteiger partial charge in [-0.2, -0.15) is 13.2 Å². The molecule has 0 aliphatic heterocycles. The van der Waals surface area contributed by atoms with Crippen molar-refractivity contribution in [1.29, 1.82) is 0 Å². The molecule has 0 bridgehead atoms. The maximum atomic E-state index is 12.6. The Morgan fingerprint density at radius 1 is 1.16 bits per heavy atom. The normalized spacial score (nSPS) is 12.9. The summed E-state index contributed by atoms with van der Waals surface area (Å²) < 4.78 is 51.3. The van der Waals surface area contributed by atoms with Gasteiger partial charge in [0.05, 0.1) is 5.69 Å². The zero-order valence-electron chi connectivity index (χ0n) is 16.7. The zero-order chi connectivity index (χ0) is 22.9. The maximum absolute atomic E-state index is 12.6. The standard InChI is InChI=1S/C22H17ClF3N3OS2/c1-13-16-5-2-3-7-18(16)29-20(13)17-6-4-10-27-21(17)31-19-9-8-15(23)11-14(19)12-28-32(30)22(24,25)26/h2-11,28-29H,12H2,1H3. The van der Waals surface area contributed by atoms with E-state index in [-0.39, 0.29) is 6.54 Å². The first-order valence-electron chi connectivity index (χ1n) is 9.45. The van der Waals surface area contributed by atoms with E-state index in [0.717, 1.165) is 27.7 Å². The Labute approximate surface area is 194 Å². The van der Waals surface area contributed by atoms with E-state index in [4.69, 9.17) is 11.6 Å². The second kappa shape index (κ2) is 9.27. The van der Waals surface area contributed by atoms with Gasteiger partial charge in [-0.05, 0) is 54.4 Å². The van der Waals surface area contributed by atoms with Gasteiger partial charge < -0.3 is 4.98 Å². The fourth-order valence-electron chi connectivity index (χ4n) is 3.33. The van der Waals surface area contributed by atoms with Crippen molar-refractivity contribution in [3.63, 3.8) is 0 Å². The van der Waals surface area contributed by atoms with E-state index in [1.54, 1.807) is 24.4 Å². The molecule has 32 heavy (non-hydrogen) atoms. The van der Waals surface area contributed by atoms with Crippen molar-refractivity contribution >= 4 is 45.3 Å². The molecule has 1 atom stereocenters. The summed E-state index contributed by atoms with van der Waals surface area (Å²) in [5, 5.41) is 2.16. The van der Waals surface area contributed by atoms with Crippen LogP contribution in [0.5, 0.6) is 0 Å². The van der Waals surface area contributed by atoms with Crippen molar-refractivity contribution in [3.8, 4) is 11.3 Å². The number of nitrogens with zero attached hydrogens (tertiary/aromatic N) is 1. The number of aromatic amines is 1. The van der Waals surface area contributed by atoms with Gasteiger partial charge in [0.1, 0.15) is 5.03 Å². The number of nitrogens with one attached hydrogen (secondary N) is 2. The molecule has 2 aromatic heterocycles. The lowest BCUT2D eigenvalue weighted by atomic mass is 10.1. The van der Waals surface area contributed by atoms with Crippen LogP contribution in [-0.2, 0) is 17.5 Å². The first-order chi connectivity index (χ1) is 15.2. The van der Waals surface area contributed by atoms with Crippen LogP contribution in [-0.4, -0.2) is 19.7 Å². The monoisotopic (exact) mass is 495 g/mol. The SMILES string of the molecule is Cc1c(-c2cccnc2Sc2ccc(Cl)cc2CNS(=O)C(F)(F)F)[nH]c2ccccc12. The minimum Gasteiger partial charge on any atom is -0.354 e. The average molecular weight is 496 g/mol. The summed E-state index contributed by atoms with van der Waals surface area (Å²) >= 11 is 7.37. The lowest BCUT2D eigenvalue weighted by Crippen LogP contribution is -2.29. The number of para-hydroxylation sites is 1. The highest BCUT2D eigenvalue weighted by atomic mass is 35.5. The van der Waals surface area contributed by atoms with Gasteiger partial charge in [-0.25, -0.2) is 13.9 Å². The highest BCUT2D eigenvalue weighted by Gasteiger charge is 2.36. The molecule has 2 N–H and O–H groups in total. The molecule has 0 spiro atoms. The summed E-state index contributed by atoms with van der Waals surface area (Å²) in [6.07, 6.45) is 1.66. The van der Waals surface area contributed by atoms with Crippen molar-refractivity contribution in [3.05, 3.63) is 76.9 Å². The number of fused-ring (bicyclic) bond motifs is 1. The molecule has 0 aliphatic rings. The Hall–Kier alpha value is -2.33. The average Bonchev–Trinajstić information content (AvgIpc) is 3.10. The molecule has 166 valence electrons. The largest absolute Gasteiger partial charge is 0.485 e. The number of pyridine rings is 1. The predicted octanol–water partition coefficient (Wildman–Crippen LogP) is 6.62. The van der Waals surface area contributed by atoms with Crippen LogP contribution in [0.25, 0.3) is 22.2 Å². The third kappa shape index (κ3) is 4.85. The Bertz CT molecular complexity index is 1310. The van der Waals surface area contributed by atoms with E-state index in [2.05, 4.69) is 9.97 Å². The van der Waals surface area contributed by atoms with E-state index in [1.807, 2.05) is 48.0 Å². The lowest BCUT2D eigenvalue weighted by Gasteiger charge is -2.13. The minimum atomic E-state index is -4.84. The highest BCUT2D eigenvalue weighted by molar-refractivity contribution is 7.99. The molecule has 1 unspecified atom stereocenters. The topological polar surface area (TPSA) is 57.8 Å². The smallest absolute Gasteiger partial charge is 0.354 e. The molecule has 0 amide bonds. The zero-order valence-corrected chi connectivity index (χ0v) is 19.1. The molecule has 0 saturated carbocycles. The van der Waals surface area contributed by atoms with E-state index in [0.29, 0.717) is 20.5 Å². The number of H-pyrrole nitrogens is 1. The number of rotatable bonds is 6. The molecule has 0 saturated heterocycles. The molecule has 0 radical (unpaired) electrons. The summed E-state index contributed by atoms with van der Waals surface area (Å²) in [6, 6.07) is 16.7. The number of benzene rings is 2. The van der Waals surface area contributed by atoms with Crippen LogP contribution >= 0.6 is 23.4 Å². The quantitative estimate of drug-likeness (QED) is 0.316. The van der Waals surface area contributed by atoms with Gasteiger partial charge in [-0.3, -0.25) is 0 Å². The Morgan fingerprint density at radius 2 is 1.94 bits per heavy atom. The van der Waals surface area contributed by atoms with Crippen molar-refractivity contribution < 1.29 is 17.4 Å². The maximum Gasteiger partial charge on any atom is 0.485 e. The van der Waals surface area contributed by atoms with Crippen molar-refractivity contribution in [1.82, 2.24) is 14.7 Å². The number of halogens is 4. The van der Waals surface area contributed by atoms with Crippen molar-refractivity contribution in [2.45, 2.75) is 28.9 Å². The Balaban J connectivity index is 1.69. The number of alkyl halides is 3. The highest BCUT2D eigenvalue weighted by Crippen LogP contribution is 2.39. The van der Waals surface area contributed by atoms with Gasteiger partial charge in [0.15, 0.2) is 11.0 Å². The van der Waals surface area contributed by atoms with E-state index in [1.165, 1.54) is 11.8 Å². The predicted molar refractivity (Wildman–Crippen MR) is 123 cm³/mol. The van der Waals surface area contributed by atoms with Crippen LogP contribution in [0.4, 0.5) is 13.2 Å². The Kier molecular flexibility index (Phi) is 6.62. The number of aromatic nitrogens is 2. The molecular formula is C22H17ClF3N3OS2. The van der Waals surface area contributed by atoms with Crippen LogP contribution < -0.4 is 4.72 Å².